The van der Waals surface area contributed by atoms with Crippen LogP contribution in [-0.2, 0) is 19.6 Å². The Morgan fingerprint density at radius 2 is 1.80 bits per heavy atom. The van der Waals surface area contributed by atoms with Crippen LogP contribution in [-0.4, -0.2) is 18.4 Å². The Morgan fingerprint density at radius 3 is 2.53 bits per heavy atom. The van der Waals surface area contributed by atoms with Crippen molar-refractivity contribution in [1.29, 1.82) is 0 Å². The number of carbonyl (C=O) groups excluding carboxylic acids is 1. The lowest BCUT2D eigenvalue weighted by atomic mass is 10.1. The zero-order valence-electron chi connectivity index (χ0n) is 16.8. The van der Waals surface area contributed by atoms with Crippen molar-refractivity contribution in [2.24, 2.45) is 4.99 Å². The van der Waals surface area contributed by atoms with Crippen LogP contribution < -0.4 is 16.0 Å². The Kier molecular flexibility index (Phi) is 7.92. The molecule has 0 atom stereocenters. The van der Waals surface area contributed by atoms with Crippen LogP contribution in [0.1, 0.15) is 34.2 Å². The van der Waals surface area contributed by atoms with Crippen LogP contribution in [0.25, 0.3) is 0 Å². The van der Waals surface area contributed by atoms with Gasteiger partial charge in [0.15, 0.2) is 5.96 Å². The Hall–Kier alpha value is -3.25. The molecule has 0 aliphatic rings. The summed E-state index contributed by atoms with van der Waals surface area (Å²) in [5, 5.41) is 10.1. The molecule has 3 aromatic rings. The van der Waals surface area contributed by atoms with E-state index in [2.05, 4.69) is 20.9 Å². The SMILES string of the molecule is CCNC(=NCc1cccc(C(=O)NCc2ccco2)c1)NCc1ccc(Cl)cc1. The number of rotatable bonds is 8. The van der Waals surface area contributed by atoms with Gasteiger partial charge < -0.3 is 20.4 Å². The third-order valence-corrected chi connectivity index (χ3v) is 4.58. The second kappa shape index (κ2) is 11.1. The average molecular weight is 425 g/mol. The van der Waals surface area contributed by atoms with Gasteiger partial charge in [-0.05, 0) is 54.4 Å². The number of hydrogen-bond donors (Lipinski definition) is 3. The van der Waals surface area contributed by atoms with E-state index in [0.29, 0.717) is 41.9 Å². The quantitative estimate of drug-likeness (QED) is 0.375. The molecule has 0 saturated heterocycles. The highest BCUT2D eigenvalue weighted by molar-refractivity contribution is 6.30. The van der Waals surface area contributed by atoms with Gasteiger partial charge >= 0.3 is 0 Å². The number of hydrogen-bond acceptors (Lipinski definition) is 3. The summed E-state index contributed by atoms with van der Waals surface area (Å²) in [7, 11) is 0. The fourth-order valence-corrected chi connectivity index (χ4v) is 2.92. The van der Waals surface area contributed by atoms with Crippen LogP contribution in [0.3, 0.4) is 0 Å². The fourth-order valence-electron chi connectivity index (χ4n) is 2.79. The van der Waals surface area contributed by atoms with Gasteiger partial charge in [-0.25, -0.2) is 4.99 Å². The zero-order chi connectivity index (χ0) is 21.2. The first kappa shape index (κ1) is 21.5. The average Bonchev–Trinajstić information content (AvgIpc) is 3.29. The van der Waals surface area contributed by atoms with Crippen molar-refractivity contribution in [3.63, 3.8) is 0 Å². The largest absolute Gasteiger partial charge is 0.467 e. The highest BCUT2D eigenvalue weighted by Crippen LogP contribution is 2.10. The van der Waals surface area contributed by atoms with Gasteiger partial charge in [-0.2, -0.15) is 0 Å². The lowest BCUT2D eigenvalue weighted by molar-refractivity contribution is 0.0948. The van der Waals surface area contributed by atoms with Crippen LogP contribution in [0.4, 0.5) is 0 Å². The normalized spacial score (nSPS) is 11.2. The topological polar surface area (TPSA) is 78.7 Å². The van der Waals surface area contributed by atoms with Crippen LogP contribution in [0.5, 0.6) is 0 Å². The first-order valence-electron chi connectivity index (χ1n) is 9.80. The first-order chi connectivity index (χ1) is 14.6. The van der Waals surface area contributed by atoms with Crippen molar-refractivity contribution in [2.75, 3.05) is 6.54 Å². The van der Waals surface area contributed by atoms with Gasteiger partial charge in [0.1, 0.15) is 5.76 Å². The number of furan rings is 1. The number of aliphatic imine (C=N–C) groups is 1. The van der Waals surface area contributed by atoms with Crippen LogP contribution in [0.2, 0.25) is 5.02 Å². The Balaban J connectivity index is 1.58. The highest BCUT2D eigenvalue weighted by Gasteiger charge is 2.07. The standard InChI is InChI=1S/C23H25ClN4O2/c1-2-25-23(27-14-17-8-10-20(24)11-9-17)28-15-18-5-3-6-19(13-18)22(29)26-16-21-7-4-12-30-21/h3-13H,2,14-16H2,1H3,(H,26,29)(H2,25,27,28). The smallest absolute Gasteiger partial charge is 0.251 e. The van der Waals surface area contributed by atoms with E-state index < -0.39 is 0 Å². The molecule has 0 spiro atoms. The minimum atomic E-state index is -0.148. The molecule has 0 saturated carbocycles. The molecular formula is C23H25ClN4O2. The summed E-state index contributed by atoms with van der Waals surface area (Å²) >= 11 is 5.93. The predicted octanol–water partition coefficient (Wildman–Crippen LogP) is 4.12. The molecule has 0 unspecified atom stereocenters. The molecule has 2 aromatic carbocycles. The van der Waals surface area contributed by atoms with Crippen LogP contribution in [0.15, 0.2) is 76.3 Å². The second-order valence-corrected chi connectivity index (χ2v) is 7.07. The lowest BCUT2D eigenvalue weighted by Gasteiger charge is -2.12. The Labute approximate surface area is 181 Å². The van der Waals surface area contributed by atoms with E-state index in [0.717, 1.165) is 17.7 Å². The van der Waals surface area contributed by atoms with Crippen molar-refractivity contribution in [1.82, 2.24) is 16.0 Å². The van der Waals surface area contributed by atoms with Gasteiger partial charge in [-0.3, -0.25) is 4.79 Å². The van der Waals surface area contributed by atoms with Crippen molar-refractivity contribution in [3.8, 4) is 0 Å². The van der Waals surface area contributed by atoms with Gasteiger partial charge in [0.25, 0.3) is 5.91 Å². The molecular weight excluding hydrogens is 400 g/mol. The van der Waals surface area contributed by atoms with Crippen molar-refractivity contribution in [3.05, 3.63) is 94.4 Å². The molecule has 156 valence electrons. The van der Waals surface area contributed by atoms with Gasteiger partial charge in [0.2, 0.25) is 0 Å². The maximum absolute atomic E-state index is 12.4. The predicted molar refractivity (Wildman–Crippen MR) is 119 cm³/mol. The molecule has 1 aromatic heterocycles. The number of benzene rings is 2. The Morgan fingerprint density at radius 1 is 0.967 bits per heavy atom. The number of halogens is 1. The van der Waals surface area contributed by atoms with Crippen LogP contribution in [0, 0.1) is 0 Å². The van der Waals surface area contributed by atoms with Crippen molar-refractivity contribution >= 4 is 23.5 Å². The first-order valence-corrected chi connectivity index (χ1v) is 10.2. The second-order valence-electron chi connectivity index (χ2n) is 6.64. The lowest BCUT2D eigenvalue weighted by Crippen LogP contribution is -2.36. The molecule has 1 heterocycles. The fraction of sp³-hybridized carbons (Fsp3) is 0.217. The summed E-state index contributed by atoms with van der Waals surface area (Å²) in [4.78, 5) is 17.0. The number of nitrogens with one attached hydrogen (secondary N) is 3. The zero-order valence-corrected chi connectivity index (χ0v) is 17.6. The molecule has 3 rings (SSSR count). The molecule has 0 radical (unpaired) electrons. The number of amides is 1. The number of carbonyl (C=O) groups is 1. The third kappa shape index (κ3) is 6.67. The summed E-state index contributed by atoms with van der Waals surface area (Å²) < 4.78 is 5.24. The minimum absolute atomic E-state index is 0.148. The van der Waals surface area contributed by atoms with E-state index in [-0.39, 0.29) is 5.91 Å². The van der Waals surface area contributed by atoms with Gasteiger partial charge in [-0.15, -0.1) is 0 Å². The number of nitrogens with zero attached hydrogens (tertiary/aromatic N) is 1. The molecule has 6 nitrogen and oxygen atoms in total. The maximum Gasteiger partial charge on any atom is 0.251 e. The van der Waals surface area contributed by atoms with E-state index in [1.165, 1.54) is 0 Å². The van der Waals surface area contributed by atoms with Gasteiger partial charge in [0, 0.05) is 23.7 Å². The summed E-state index contributed by atoms with van der Waals surface area (Å²) in [6.45, 7) is 4.21. The molecule has 30 heavy (non-hydrogen) atoms. The maximum atomic E-state index is 12.4. The van der Waals surface area contributed by atoms with E-state index in [9.17, 15) is 4.79 Å². The van der Waals surface area contributed by atoms with Crippen LogP contribution >= 0.6 is 11.6 Å². The number of guanidine groups is 1. The molecule has 0 bridgehead atoms. The summed E-state index contributed by atoms with van der Waals surface area (Å²) in [5.74, 6) is 1.27. The molecule has 0 aliphatic heterocycles. The third-order valence-electron chi connectivity index (χ3n) is 4.33. The van der Waals surface area contributed by atoms with Gasteiger partial charge in [-0.1, -0.05) is 35.9 Å². The summed E-state index contributed by atoms with van der Waals surface area (Å²) in [6.07, 6.45) is 1.59. The monoisotopic (exact) mass is 424 g/mol. The van der Waals surface area contributed by atoms with E-state index in [1.54, 1.807) is 18.4 Å². The van der Waals surface area contributed by atoms with E-state index >= 15 is 0 Å². The van der Waals surface area contributed by atoms with Crippen molar-refractivity contribution < 1.29 is 9.21 Å². The molecule has 1 amide bonds. The van der Waals surface area contributed by atoms with E-state index in [4.69, 9.17) is 16.0 Å². The van der Waals surface area contributed by atoms with E-state index in [1.807, 2.05) is 55.5 Å². The minimum Gasteiger partial charge on any atom is -0.467 e. The van der Waals surface area contributed by atoms with Gasteiger partial charge in [0.05, 0.1) is 19.4 Å². The molecule has 7 heteroatoms. The summed E-state index contributed by atoms with van der Waals surface area (Å²) in [5.41, 5.74) is 2.65. The molecule has 0 aliphatic carbocycles. The highest BCUT2D eigenvalue weighted by atomic mass is 35.5. The Bertz CT molecular complexity index is 969. The summed E-state index contributed by atoms with van der Waals surface area (Å²) in [6, 6.07) is 18.8. The molecule has 3 N–H and O–H groups in total. The molecule has 0 fully saturated rings. The van der Waals surface area contributed by atoms with Crippen molar-refractivity contribution in [2.45, 2.75) is 26.6 Å².